The lowest BCUT2D eigenvalue weighted by Crippen LogP contribution is -2.49. The summed E-state index contributed by atoms with van der Waals surface area (Å²) in [5.41, 5.74) is 4.44. The summed E-state index contributed by atoms with van der Waals surface area (Å²) in [6.07, 6.45) is 7.57. The average Bonchev–Trinajstić information content (AvgIpc) is 3.43. The number of hydrogen-bond donors (Lipinski definition) is 1. The third kappa shape index (κ3) is 5.03. The molecule has 8 heteroatoms. The van der Waals surface area contributed by atoms with Gasteiger partial charge in [0.2, 0.25) is 0 Å². The fourth-order valence-corrected chi connectivity index (χ4v) is 4.79. The minimum absolute atomic E-state index is 0.0264. The van der Waals surface area contributed by atoms with Crippen LogP contribution in [0.25, 0.3) is 6.08 Å². The van der Waals surface area contributed by atoms with Crippen LogP contribution in [0.15, 0.2) is 33.5 Å². The van der Waals surface area contributed by atoms with Crippen LogP contribution in [-0.2, 0) is 16.0 Å². The molecule has 1 N–H and O–H groups in total. The highest BCUT2D eigenvalue weighted by molar-refractivity contribution is 5.96. The van der Waals surface area contributed by atoms with E-state index in [1.165, 1.54) is 0 Å². The van der Waals surface area contributed by atoms with Gasteiger partial charge in [0, 0.05) is 50.6 Å². The number of allylic oxidation sites excluding steroid dienone is 2. The summed E-state index contributed by atoms with van der Waals surface area (Å²) in [6.45, 7) is 11.8. The van der Waals surface area contributed by atoms with Crippen molar-refractivity contribution < 1.29 is 19.3 Å². The Balaban J connectivity index is 1.21. The predicted molar refractivity (Wildman–Crippen MR) is 121 cm³/mol. The molecule has 1 aliphatic carbocycles. The second-order valence-corrected chi connectivity index (χ2v) is 9.15. The number of piperazine rings is 1. The predicted octanol–water partition coefficient (Wildman–Crippen LogP) is 2.08. The van der Waals surface area contributed by atoms with Crippen molar-refractivity contribution in [3.63, 3.8) is 0 Å². The quantitative estimate of drug-likeness (QED) is 0.507. The maximum atomic E-state index is 11.8. The van der Waals surface area contributed by atoms with Gasteiger partial charge in [0.25, 0.3) is 0 Å². The van der Waals surface area contributed by atoms with E-state index < -0.39 is 6.10 Å². The number of aliphatic hydroxyl groups excluding tert-OH is 1. The van der Waals surface area contributed by atoms with Gasteiger partial charge in [0.05, 0.1) is 11.7 Å². The van der Waals surface area contributed by atoms with E-state index in [9.17, 15) is 9.90 Å². The number of cyclic esters (lactones) is 1. The zero-order valence-corrected chi connectivity index (χ0v) is 19.3. The van der Waals surface area contributed by atoms with E-state index in [2.05, 4.69) is 26.2 Å². The lowest BCUT2D eigenvalue weighted by Gasteiger charge is -2.37. The third-order valence-corrected chi connectivity index (χ3v) is 7.21. The Kier molecular flexibility index (Phi) is 7.23. The number of hydrogen-bond acceptors (Lipinski definition) is 8. The van der Waals surface area contributed by atoms with Gasteiger partial charge in [-0.1, -0.05) is 35.0 Å². The number of rotatable bonds is 7. The highest BCUT2D eigenvalue weighted by Gasteiger charge is 2.30. The fraction of sp³-hybridized carbons (Fsp3) is 0.625. The fourth-order valence-electron chi connectivity index (χ4n) is 4.79. The van der Waals surface area contributed by atoms with Crippen LogP contribution in [-0.4, -0.2) is 83.2 Å². The van der Waals surface area contributed by atoms with Gasteiger partial charge in [-0.3, -0.25) is 4.90 Å². The van der Waals surface area contributed by atoms with Gasteiger partial charge in [-0.25, -0.2) is 9.42 Å². The first-order valence-electron chi connectivity index (χ1n) is 11.6. The zero-order chi connectivity index (χ0) is 22.7. The Labute approximate surface area is 189 Å². The minimum atomic E-state index is -0.472. The van der Waals surface area contributed by atoms with Gasteiger partial charge in [-0.05, 0) is 38.8 Å². The van der Waals surface area contributed by atoms with Crippen LogP contribution in [0.2, 0.25) is 0 Å². The molecule has 3 aliphatic rings. The monoisotopic (exact) mass is 442 g/mol. The molecule has 0 saturated carbocycles. The van der Waals surface area contributed by atoms with Crippen molar-refractivity contribution in [3.8, 4) is 0 Å². The molecule has 0 amide bonds. The minimum Gasteiger partial charge on any atom is -0.457 e. The van der Waals surface area contributed by atoms with Crippen molar-refractivity contribution >= 4 is 12.0 Å². The Morgan fingerprint density at radius 3 is 2.78 bits per heavy atom. The van der Waals surface area contributed by atoms with Crippen LogP contribution in [0.3, 0.4) is 0 Å². The molecule has 8 nitrogen and oxygen atoms in total. The van der Waals surface area contributed by atoms with Crippen LogP contribution >= 0.6 is 0 Å². The van der Waals surface area contributed by atoms with Crippen molar-refractivity contribution in [2.24, 2.45) is 11.8 Å². The van der Waals surface area contributed by atoms with Gasteiger partial charge >= 0.3 is 5.97 Å². The molecule has 32 heavy (non-hydrogen) atoms. The first kappa shape index (κ1) is 22.9. The average molecular weight is 443 g/mol. The molecule has 1 aromatic rings. The van der Waals surface area contributed by atoms with Crippen LogP contribution in [0.5, 0.6) is 0 Å². The van der Waals surface area contributed by atoms with Crippen LogP contribution < -0.4 is 0 Å². The van der Waals surface area contributed by atoms with Gasteiger partial charge < -0.3 is 14.7 Å². The maximum absolute atomic E-state index is 11.8. The van der Waals surface area contributed by atoms with Gasteiger partial charge in [-0.2, -0.15) is 0 Å². The van der Waals surface area contributed by atoms with E-state index >= 15 is 0 Å². The molecule has 3 atom stereocenters. The molecule has 174 valence electrons. The van der Waals surface area contributed by atoms with Crippen LogP contribution in [0.1, 0.15) is 38.6 Å². The van der Waals surface area contributed by atoms with E-state index in [-0.39, 0.29) is 11.9 Å². The normalized spacial score (nSPS) is 26.8. The number of ether oxygens (including phenoxy) is 1. The highest BCUT2D eigenvalue weighted by atomic mass is 16.6. The highest BCUT2D eigenvalue weighted by Crippen LogP contribution is 2.29. The number of β-amino-alcohol motifs (C(OH)–C–C–N with tert-alkyl or cyclic N) is 1. The molecular weight excluding hydrogens is 408 g/mol. The number of esters is 1. The Morgan fingerprint density at radius 2 is 2.03 bits per heavy atom. The number of aromatic nitrogens is 2. The molecular formula is C24H34N4O4. The molecule has 2 fully saturated rings. The first-order valence-corrected chi connectivity index (χ1v) is 11.6. The van der Waals surface area contributed by atoms with E-state index in [1.807, 2.05) is 26.8 Å². The van der Waals surface area contributed by atoms with E-state index in [1.54, 1.807) is 6.08 Å². The molecule has 3 unspecified atom stereocenters. The molecule has 2 saturated heterocycles. The molecule has 4 rings (SSSR count). The van der Waals surface area contributed by atoms with Crippen molar-refractivity contribution in [2.45, 2.75) is 39.7 Å². The topological polar surface area (TPSA) is 91.9 Å². The van der Waals surface area contributed by atoms with Crippen LogP contribution in [0.4, 0.5) is 0 Å². The number of carbonyl (C=O) groups excluding carboxylic acids is 1. The molecule has 0 spiro atoms. The van der Waals surface area contributed by atoms with Gasteiger partial charge in [0.1, 0.15) is 18.0 Å². The van der Waals surface area contributed by atoms with Gasteiger partial charge in [-0.15, -0.1) is 0 Å². The van der Waals surface area contributed by atoms with E-state index in [0.717, 1.165) is 68.1 Å². The summed E-state index contributed by atoms with van der Waals surface area (Å²) in [4.78, 5) is 16.7. The summed E-state index contributed by atoms with van der Waals surface area (Å²) >= 11 is 0. The Morgan fingerprint density at radius 1 is 1.28 bits per heavy atom. The van der Waals surface area contributed by atoms with Crippen molar-refractivity contribution in [1.29, 1.82) is 0 Å². The standard InChI is InChI=1S/C24H34N4O4/c1-4-19-20(15-31-24(19)30)16(2)17(3)23(29)14-28-11-9-27(10-12-28)8-7-18-5-6-21-22(13-18)26-32-25-21/h4-6,17-18,23,29H,7-15H2,1-3H3. The van der Waals surface area contributed by atoms with Gasteiger partial charge in [0.15, 0.2) is 0 Å². The smallest absolute Gasteiger partial charge is 0.338 e. The number of nitrogens with zero attached hydrogens (tertiary/aromatic N) is 4. The number of fused-ring (bicyclic) bond motifs is 1. The van der Waals surface area contributed by atoms with Crippen molar-refractivity contribution in [1.82, 2.24) is 20.1 Å². The second-order valence-electron chi connectivity index (χ2n) is 9.15. The van der Waals surface area contributed by atoms with Crippen LogP contribution in [0, 0.1) is 11.8 Å². The Bertz CT molecular complexity index is 911. The lowest BCUT2D eigenvalue weighted by molar-refractivity contribution is -0.135. The molecule has 0 radical (unpaired) electrons. The maximum Gasteiger partial charge on any atom is 0.338 e. The van der Waals surface area contributed by atoms with E-state index in [0.29, 0.717) is 24.6 Å². The zero-order valence-electron chi connectivity index (χ0n) is 19.3. The molecule has 2 aliphatic heterocycles. The molecule has 0 bridgehead atoms. The van der Waals surface area contributed by atoms with E-state index in [4.69, 9.17) is 9.37 Å². The first-order chi connectivity index (χ1) is 15.5. The summed E-state index contributed by atoms with van der Waals surface area (Å²) in [7, 11) is 0. The third-order valence-electron chi connectivity index (χ3n) is 7.21. The second kappa shape index (κ2) is 10.1. The largest absolute Gasteiger partial charge is 0.457 e. The number of carbonyl (C=O) groups is 1. The summed E-state index contributed by atoms with van der Waals surface area (Å²) in [6, 6.07) is 0. The lowest BCUT2D eigenvalue weighted by atomic mass is 9.89. The number of aliphatic hydroxyl groups is 1. The summed E-state index contributed by atoms with van der Waals surface area (Å²) in [5, 5.41) is 18.8. The molecule has 3 heterocycles. The van der Waals surface area contributed by atoms with Crippen molar-refractivity contribution in [2.75, 3.05) is 45.9 Å². The molecule has 1 aromatic heterocycles. The van der Waals surface area contributed by atoms with Crippen molar-refractivity contribution in [3.05, 3.63) is 40.3 Å². The Hall–Kier alpha value is -2.29. The summed E-state index contributed by atoms with van der Waals surface area (Å²) in [5.74, 6) is 0.197. The summed E-state index contributed by atoms with van der Waals surface area (Å²) < 4.78 is 10.00. The molecule has 0 aromatic carbocycles. The SMILES string of the molecule is CC=C1C(=O)OCC1=C(C)C(C)C(O)CN1CCN(CCC2C=Cc3nonc3C2)CC1.